The molecule has 0 aromatic carbocycles. The maximum atomic E-state index is 5.32. The van der Waals surface area contributed by atoms with Gasteiger partial charge in [-0.3, -0.25) is 4.90 Å². The van der Waals surface area contributed by atoms with Crippen LogP contribution in [0.15, 0.2) is 5.16 Å². The van der Waals surface area contributed by atoms with E-state index in [2.05, 4.69) is 5.16 Å². The van der Waals surface area contributed by atoms with Crippen LogP contribution in [0.3, 0.4) is 0 Å². The number of ether oxygens (including phenoxy) is 1. The van der Waals surface area contributed by atoms with Crippen LogP contribution >= 0.6 is 0 Å². The Morgan fingerprint density at radius 1 is 1.70 bits per heavy atom. The van der Waals surface area contributed by atoms with Crippen molar-refractivity contribution in [2.45, 2.75) is 19.8 Å². The first-order chi connectivity index (χ1) is 4.72. The average molecular weight is 142 g/mol. The van der Waals surface area contributed by atoms with Crippen molar-refractivity contribution in [2.75, 3.05) is 13.2 Å². The minimum absolute atomic E-state index is 0.593. The summed E-state index contributed by atoms with van der Waals surface area (Å²) >= 11 is 0. The zero-order chi connectivity index (χ0) is 7.19. The van der Waals surface area contributed by atoms with E-state index < -0.39 is 5.91 Å². The molecule has 0 aromatic rings. The summed E-state index contributed by atoms with van der Waals surface area (Å²) in [5.41, 5.74) is 0. The largest absolute Gasteiger partial charge is 0.337 e. The molecule has 0 saturated carbocycles. The number of oxime groups is 1. The fourth-order valence-electron chi connectivity index (χ4n) is 1.34. The maximum absolute atomic E-state index is 5.32. The molecule has 0 aromatic heterocycles. The number of hydrogen-bond donors (Lipinski definition) is 0. The van der Waals surface area contributed by atoms with Crippen molar-refractivity contribution < 1.29 is 9.57 Å². The van der Waals surface area contributed by atoms with Gasteiger partial charge < -0.3 is 9.57 Å². The Hall–Kier alpha value is -0.770. The van der Waals surface area contributed by atoms with E-state index in [0.717, 1.165) is 19.0 Å². The molecule has 1 saturated heterocycles. The third kappa shape index (κ3) is 0.568. The molecule has 2 heterocycles. The Bertz CT molecular complexity index is 192. The van der Waals surface area contributed by atoms with E-state index >= 15 is 0 Å². The third-order valence-corrected chi connectivity index (χ3v) is 1.91. The van der Waals surface area contributed by atoms with Crippen LogP contribution in [0.25, 0.3) is 0 Å². The van der Waals surface area contributed by atoms with Gasteiger partial charge in [0.25, 0.3) is 0 Å². The fraction of sp³-hybridized carbons (Fsp3) is 0.833. The van der Waals surface area contributed by atoms with Crippen molar-refractivity contribution >= 4 is 5.84 Å². The molecule has 1 unspecified atom stereocenters. The van der Waals surface area contributed by atoms with E-state index in [0.29, 0.717) is 0 Å². The first-order valence-corrected chi connectivity index (χ1v) is 3.37. The minimum atomic E-state index is -0.593. The molecular formula is C6H10N2O2. The number of rotatable bonds is 0. The average Bonchev–Trinajstić information content (AvgIpc) is 2.35. The lowest BCUT2D eigenvalue weighted by Crippen LogP contribution is -2.40. The summed E-state index contributed by atoms with van der Waals surface area (Å²) in [5, 5.41) is 3.81. The van der Waals surface area contributed by atoms with Crippen molar-refractivity contribution in [2.24, 2.45) is 5.16 Å². The zero-order valence-electron chi connectivity index (χ0n) is 6.13. The molecule has 4 heteroatoms. The molecule has 1 fully saturated rings. The standard InChI is InChI=1S/C6H10N2O2/c1-5-7-10-6(2)8(5)3-4-9-6/h3-4H2,1-2H3. The van der Waals surface area contributed by atoms with Gasteiger partial charge in [0.2, 0.25) is 0 Å². The molecule has 4 nitrogen and oxygen atoms in total. The lowest BCUT2D eigenvalue weighted by Gasteiger charge is -2.23. The second kappa shape index (κ2) is 1.63. The molecule has 10 heavy (non-hydrogen) atoms. The summed E-state index contributed by atoms with van der Waals surface area (Å²) in [6, 6.07) is 0. The van der Waals surface area contributed by atoms with Gasteiger partial charge in [-0.1, -0.05) is 5.16 Å². The van der Waals surface area contributed by atoms with Crippen LogP contribution in [-0.4, -0.2) is 29.8 Å². The Morgan fingerprint density at radius 2 is 2.50 bits per heavy atom. The molecule has 56 valence electrons. The molecule has 0 spiro atoms. The smallest absolute Gasteiger partial charge is 0.317 e. The normalized spacial score (nSPS) is 37.4. The Labute approximate surface area is 59.4 Å². The van der Waals surface area contributed by atoms with Crippen LogP contribution in [-0.2, 0) is 9.57 Å². The van der Waals surface area contributed by atoms with Crippen LogP contribution < -0.4 is 0 Å². The van der Waals surface area contributed by atoms with E-state index in [1.807, 2.05) is 18.7 Å². The molecule has 0 bridgehead atoms. The topological polar surface area (TPSA) is 34.1 Å². The van der Waals surface area contributed by atoms with Crippen molar-refractivity contribution in [1.82, 2.24) is 4.90 Å². The van der Waals surface area contributed by atoms with E-state index in [4.69, 9.17) is 9.57 Å². The molecule has 2 rings (SSSR count). The molecular weight excluding hydrogens is 132 g/mol. The van der Waals surface area contributed by atoms with E-state index in [1.165, 1.54) is 0 Å². The van der Waals surface area contributed by atoms with E-state index in [9.17, 15) is 0 Å². The first kappa shape index (κ1) is 5.97. The van der Waals surface area contributed by atoms with Gasteiger partial charge in [0, 0.05) is 13.5 Å². The van der Waals surface area contributed by atoms with Gasteiger partial charge >= 0.3 is 5.91 Å². The quantitative estimate of drug-likeness (QED) is 0.489. The number of fused-ring (bicyclic) bond motifs is 1. The van der Waals surface area contributed by atoms with Gasteiger partial charge in [-0.05, 0) is 6.92 Å². The summed E-state index contributed by atoms with van der Waals surface area (Å²) in [6.45, 7) is 5.40. The predicted molar refractivity (Wildman–Crippen MR) is 35.3 cm³/mol. The van der Waals surface area contributed by atoms with Gasteiger partial charge in [-0.25, -0.2) is 0 Å². The second-order valence-electron chi connectivity index (χ2n) is 2.63. The lowest BCUT2D eigenvalue weighted by molar-refractivity contribution is -0.228. The van der Waals surface area contributed by atoms with Crippen molar-refractivity contribution in [1.29, 1.82) is 0 Å². The summed E-state index contributed by atoms with van der Waals surface area (Å²) in [6.07, 6.45) is 0. The van der Waals surface area contributed by atoms with E-state index in [1.54, 1.807) is 0 Å². The third-order valence-electron chi connectivity index (χ3n) is 1.91. The first-order valence-electron chi connectivity index (χ1n) is 3.37. The highest BCUT2D eigenvalue weighted by molar-refractivity contribution is 5.80. The molecule has 0 radical (unpaired) electrons. The van der Waals surface area contributed by atoms with Gasteiger partial charge in [0.05, 0.1) is 6.61 Å². The van der Waals surface area contributed by atoms with Crippen molar-refractivity contribution in [3.63, 3.8) is 0 Å². The fourth-order valence-corrected chi connectivity index (χ4v) is 1.34. The predicted octanol–water partition coefficient (Wildman–Crippen LogP) is 0.356. The zero-order valence-corrected chi connectivity index (χ0v) is 6.13. The summed E-state index contributed by atoms with van der Waals surface area (Å²) < 4.78 is 5.32. The SMILES string of the molecule is CC1=NOC2(C)OCCN12. The number of hydrogen-bond acceptors (Lipinski definition) is 4. The summed E-state index contributed by atoms with van der Waals surface area (Å²) in [7, 11) is 0. The molecule has 0 amide bonds. The van der Waals surface area contributed by atoms with Crippen molar-refractivity contribution in [3.05, 3.63) is 0 Å². The Balaban J connectivity index is 2.27. The second-order valence-corrected chi connectivity index (χ2v) is 2.63. The highest BCUT2D eigenvalue weighted by Crippen LogP contribution is 2.29. The summed E-state index contributed by atoms with van der Waals surface area (Å²) in [4.78, 5) is 7.08. The number of nitrogens with zero attached hydrogens (tertiary/aromatic N) is 2. The monoisotopic (exact) mass is 142 g/mol. The van der Waals surface area contributed by atoms with Crippen LogP contribution in [0.5, 0.6) is 0 Å². The maximum Gasteiger partial charge on any atom is 0.317 e. The van der Waals surface area contributed by atoms with Crippen LogP contribution in [0, 0.1) is 0 Å². The number of amidine groups is 1. The minimum Gasteiger partial charge on any atom is -0.337 e. The Kier molecular flexibility index (Phi) is 0.976. The van der Waals surface area contributed by atoms with Gasteiger partial charge in [-0.15, -0.1) is 0 Å². The van der Waals surface area contributed by atoms with Crippen LogP contribution in [0.4, 0.5) is 0 Å². The molecule has 0 N–H and O–H groups in total. The summed E-state index contributed by atoms with van der Waals surface area (Å²) in [5.74, 6) is 0.310. The molecule has 2 aliphatic rings. The van der Waals surface area contributed by atoms with Gasteiger partial charge in [0.15, 0.2) is 0 Å². The van der Waals surface area contributed by atoms with E-state index in [-0.39, 0.29) is 0 Å². The lowest BCUT2D eigenvalue weighted by atomic mass is 10.4. The highest BCUT2D eigenvalue weighted by atomic mass is 16.8. The highest BCUT2D eigenvalue weighted by Gasteiger charge is 2.45. The van der Waals surface area contributed by atoms with Crippen LogP contribution in [0.2, 0.25) is 0 Å². The Morgan fingerprint density at radius 3 is 3.20 bits per heavy atom. The molecule has 0 aliphatic carbocycles. The van der Waals surface area contributed by atoms with Crippen molar-refractivity contribution in [3.8, 4) is 0 Å². The van der Waals surface area contributed by atoms with Crippen LogP contribution in [0.1, 0.15) is 13.8 Å². The van der Waals surface area contributed by atoms with Gasteiger partial charge in [0.1, 0.15) is 5.84 Å². The van der Waals surface area contributed by atoms with Gasteiger partial charge in [-0.2, -0.15) is 0 Å². The molecule has 2 aliphatic heterocycles. The molecule has 1 atom stereocenters.